The molecule has 3 aromatic carbocycles. The van der Waals surface area contributed by atoms with E-state index in [9.17, 15) is 5.26 Å². The molecule has 0 aliphatic carbocycles. The van der Waals surface area contributed by atoms with E-state index in [1.165, 1.54) is 0 Å². The molecule has 0 amide bonds. The van der Waals surface area contributed by atoms with E-state index in [-0.39, 0.29) is 19.1 Å². The van der Waals surface area contributed by atoms with Gasteiger partial charge in [0.2, 0.25) is 0 Å². The topological polar surface area (TPSA) is 60.7 Å². The first kappa shape index (κ1) is 23.7. The van der Waals surface area contributed by atoms with E-state index < -0.39 is 29.2 Å². The fraction of sp³-hybridized carbons (Fsp3) is 0.367. The maximum atomic E-state index is 9.43. The van der Waals surface area contributed by atoms with Crippen LogP contribution in [0.1, 0.15) is 43.9 Å². The van der Waals surface area contributed by atoms with Gasteiger partial charge in [0.15, 0.2) is 5.79 Å². The van der Waals surface area contributed by atoms with Gasteiger partial charge in [0.1, 0.15) is 29.5 Å². The smallest absolute Gasteiger partial charge is 0.164 e. The molecule has 2 heterocycles. The number of fused-ring (bicyclic) bond motifs is 1. The molecule has 3 aromatic rings. The minimum absolute atomic E-state index is 0.226. The van der Waals surface area contributed by atoms with Gasteiger partial charge in [0.05, 0.1) is 19.1 Å². The molecule has 2 saturated heterocycles. The highest BCUT2D eigenvalue weighted by molar-refractivity contribution is 5.47. The molecule has 2 fully saturated rings. The first-order chi connectivity index (χ1) is 16.9. The molecule has 0 radical (unpaired) electrons. The van der Waals surface area contributed by atoms with Crippen LogP contribution in [-0.2, 0) is 24.5 Å². The third-order valence-electron chi connectivity index (χ3n) is 7.04. The average Bonchev–Trinajstić information content (AvgIpc) is 3.27. The van der Waals surface area contributed by atoms with Crippen molar-refractivity contribution in [1.29, 1.82) is 5.26 Å². The summed E-state index contributed by atoms with van der Waals surface area (Å²) in [5.74, 6) is -0.759. The van der Waals surface area contributed by atoms with Crippen LogP contribution in [0.2, 0.25) is 0 Å². The van der Waals surface area contributed by atoms with Gasteiger partial charge in [-0.25, -0.2) is 0 Å². The van der Waals surface area contributed by atoms with Crippen molar-refractivity contribution in [1.82, 2.24) is 0 Å². The summed E-state index contributed by atoms with van der Waals surface area (Å²) in [4.78, 5) is 0. The van der Waals surface area contributed by atoms with Gasteiger partial charge in [0.25, 0.3) is 0 Å². The zero-order valence-corrected chi connectivity index (χ0v) is 20.4. The Labute approximate surface area is 207 Å². The third kappa shape index (κ3) is 4.17. The zero-order chi connectivity index (χ0) is 24.5. The number of ether oxygens (including phenoxy) is 4. The van der Waals surface area contributed by atoms with Crippen LogP contribution in [0, 0.1) is 11.3 Å². The zero-order valence-electron chi connectivity index (χ0n) is 20.4. The van der Waals surface area contributed by atoms with Crippen LogP contribution in [0.25, 0.3) is 0 Å². The average molecular weight is 470 g/mol. The van der Waals surface area contributed by atoms with Crippen molar-refractivity contribution < 1.29 is 18.9 Å². The summed E-state index contributed by atoms with van der Waals surface area (Å²) in [6.45, 7) is 6.05. The van der Waals surface area contributed by atoms with Gasteiger partial charge in [-0.1, -0.05) is 91.0 Å². The number of rotatable bonds is 7. The number of nitrogens with zero attached hydrogens (tertiary/aromatic N) is 1. The predicted molar refractivity (Wildman–Crippen MR) is 132 cm³/mol. The minimum Gasteiger partial charge on any atom is -0.366 e. The second kappa shape index (κ2) is 9.22. The van der Waals surface area contributed by atoms with Crippen molar-refractivity contribution in [3.63, 3.8) is 0 Å². The summed E-state index contributed by atoms with van der Waals surface area (Å²) < 4.78 is 25.9. The summed E-state index contributed by atoms with van der Waals surface area (Å²) in [6.07, 6.45) is -0.914. The molecule has 5 rings (SSSR count). The highest BCUT2D eigenvalue weighted by Crippen LogP contribution is 2.48. The van der Waals surface area contributed by atoms with Crippen LogP contribution in [-0.4, -0.2) is 36.3 Å². The van der Waals surface area contributed by atoms with Gasteiger partial charge >= 0.3 is 0 Å². The van der Waals surface area contributed by atoms with E-state index in [1.54, 1.807) is 0 Å². The normalized spacial score (nSPS) is 27.3. The standard InChI is InChI=1S/C30H31NO4/c1-28(2)34-27-25(33-26(19-20-31)29(27,3)35-28)21-32-30(22-13-7-4-8-14-22,23-15-9-5-10-16-23)24-17-11-6-12-18-24/h4-18,25-27H,19,21H2,1-3H3/t25-,26?,27-,29+/m1/s1. The van der Waals surface area contributed by atoms with E-state index >= 15 is 0 Å². The van der Waals surface area contributed by atoms with E-state index in [2.05, 4.69) is 42.5 Å². The molecule has 0 aromatic heterocycles. The van der Waals surface area contributed by atoms with Crippen molar-refractivity contribution in [2.75, 3.05) is 6.61 Å². The van der Waals surface area contributed by atoms with E-state index in [0.717, 1.165) is 16.7 Å². The maximum Gasteiger partial charge on any atom is 0.164 e. The Bertz CT molecular complexity index is 1080. The fourth-order valence-electron chi connectivity index (χ4n) is 5.58. The second-order valence-corrected chi connectivity index (χ2v) is 9.84. The summed E-state index contributed by atoms with van der Waals surface area (Å²) in [6, 6.07) is 33.0. The van der Waals surface area contributed by atoms with E-state index in [0.29, 0.717) is 0 Å². The van der Waals surface area contributed by atoms with Crippen LogP contribution >= 0.6 is 0 Å². The van der Waals surface area contributed by atoms with E-state index in [4.69, 9.17) is 18.9 Å². The number of hydrogen-bond acceptors (Lipinski definition) is 5. The first-order valence-electron chi connectivity index (χ1n) is 12.1. The van der Waals surface area contributed by atoms with Crippen LogP contribution < -0.4 is 0 Å². The monoisotopic (exact) mass is 469 g/mol. The molecule has 35 heavy (non-hydrogen) atoms. The Morgan fingerprint density at radius 2 is 1.31 bits per heavy atom. The molecule has 0 bridgehead atoms. The van der Waals surface area contributed by atoms with Gasteiger partial charge in [-0.05, 0) is 37.5 Å². The third-order valence-corrected chi connectivity index (χ3v) is 7.04. The summed E-state index contributed by atoms with van der Waals surface area (Å²) in [5.41, 5.74) is 1.50. The molecule has 4 atom stereocenters. The Morgan fingerprint density at radius 1 is 0.829 bits per heavy atom. The lowest BCUT2D eigenvalue weighted by atomic mass is 9.80. The van der Waals surface area contributed by atoms with E-state index in [1.807, 2.05) is 75.4 Å². The molecule has 1 unspecified atom stereocenters. The number of hydrogen-bond donors (Lipinski definition) is 0. The lowest BCUT2D eigenvalue weighted by molar-refractivity contribution is -0.208. The van der Waals surface area contributed by atoms with Crippen molar-refractivity contribution >= 4 is 0 Å². The van der Waals surface area contributed by atoms with Crippen LogP contribution in [0.15, 0.2) is 91.0 Å². The molecule has 0 N–H and O–H groups in total. The Balaban J connectivity index is 1.56. The van der Waals surface area contributed by atoms with Crippen molar-refractivity contribution in [2.24, 2.45) is 0 Å². The molecular formula is C30H31NO4. The van der Waals surface area contributed by atoms with Crippen molar-refractivity contribution in [2.45, 2.75) is 62.5 Å². The molecule has 0 spiro atoms. The summed E-state index contributed by atoms with van der Waals surface area (Å²) >= 11 is 0. The van der Waals surface area contributed by atoms with Gasteiger partial charge in [-0.3, -0.25) is 0 Å². The summed E-state index contributed by atoms with van der Waals surface area (Å²) in [5, 5.41) is 9.43. The van der Waals surface area contributed by atoms with Gasteiger partial charge in [-0.15, -0.1) is 0 Å². The quantitative estimate of drug-likeness (QED) is 0.423. The van der Waals surface area contributed by atoms with Gasteiger partial charge in [0, 0.05) is 0 Å². The highest BCUT2D eigenvalue weighted by Gasteiger charge is 2.63. The van der Waals surface area contributed by atoms with Crippen LogP contribution in [0.5, 0.6) is 0 Å². The van der Waals surface area contributed by atoms with Gasteiger partial charge in [-0.2, -0.15) is 5.26 Å². The second-order valence-electron chi connectivity index (χ2n) is 9.84. The largest absolute Gasteiger partial charge is 0.366 e. The molecule has 180 valence electrons. The Kier molecular flexibility index (Phi) is 6.25. The van der Waals surface area contributed by atoms with Crippen molar-refractivity contribution in [3.8, 4) is 6.07 Å². The molecule has 0 saturated carbocycles. The molecule has 2 aliphatic rings. The first-order valence-corrected chi connectivity index (χ1v) is 12.1. The number of nitriles is 1. The van der Waals surface area contributed by atoms with Gasteiger partial charge < -0.3 is 18.9 Å². The molecule has 5 heteroatoms. The molecule has 5 nitrogen and oxygen atoms in total. The number of benzene rings is 3. The Hall–Kier alpha value is -3.01. The molecule has 2 aliphatic heterocycles. The Morgan fingerprint density at radius 3 is 1.77 bits per heavy atom. The fourth-order valence-corrected chi connectivity index (χ4v) is 5.58. The lowest BCUT2D eigenvalue weighted by Crippen LogP contribution is -2.44. The van der Waals surface area contributed by atoms with Crippen LogP contribution in [0.4, 0.5) is 0 Å². The lowest BCUT2D eigenvalue weighted by Gasteiger charge is -2.37. The van der Waals surface area contributed by atoms with Crippen molar-refractivity contribution in [3.05, 3.63) is 108 Å². The summed E-state index contributed by atoms with van der Waals surface area (Å²) in [7, 11) is 0. The minimum atomic E-state index is -0.855. The molecular weight excluding hydrogens is 438 g/mol. The maximum absolute atomic E-state index is 9.43. The SMILES string of the molecule is CC1(C)O[C@@H]2[C@@H](COC(c3ccccc3)(c3ccccc3)c3ccccc3)OC(CC#N)[C@]2(C)O1. The highest BCUT2D eigenvalue weighted by atomic mass is 16.8. The van der Waals surface area contributed by atoms with Crippen LogP contribution in [0.3, 0.4) is 0 Å². The predicted octanol–water partition coefficient (Wildman–Crippen LogP) is 5.59.